The fourth-order valence-corrected chi connectivity index (χ4v) is 0.539. The first kappa shape index (κ1) is 5.41. The van der Waals surface area contributed by atoms with Gasteiger partial charge in [-0.05, 0) is 12.5 Å². The van der Waals surface area contributed by atoms with Gasteiger partial charge in [-0.15, -0.1) is 0 Å². The van der Waals surface area contributed by atoms with E-state index in [4.69, 9.17) is 10.3 Å². The molecule has 0 saturated carbocycles. The molecular formula is C4H7N3O. The molecule has 0 spiro atoms. The second-order valence-electron chi connectivity index (χ2n) is 1.79. The Morgan fingerprint density at radius 1 is 1.88 bits per heavy atom. The second kappa shape index (κ2) is 2.03. The quantitative estimate of drug-likeness (QED) is 0.229. The number of epoxide rings is 1. The molecule has 0 radical (unpaired) electrons. The van der Waals surface area contributed by atoms with Gasteiger partial charge in [0.05, 0.1) is 18.8 Å². The fourth-order valence-electron chi connectivity index (χ4n) is 0.539. The predicted octanol–water partition coefficient (Wildman–Crippen LogP) is 1.08. The zero-order valence-corrected chi connectivity index (χ0v) is 4.61. The molecule has 0 aromatic heterocycles. The summed E-state index contributed by atoms with van der Waals surface area (Å²) >= 11 is 0. The number of hydrogen-bond donors (Lipinski definition) is 0. The van der Waals surface area contributed by atoms with Gasteiger partial charge in [-0.2, -0.15) is 0 Å². The first-order valence-electron chi connectivity index (χ1n) is 2.51. The molecule has 1 fully saturated rings. The van der Waals surface area contributed by atoms with Gasteiger partial charge in [0.2, 0.25) is 0 Å². The molecule has 0 unspecified atom stereocenters. The monoisotopic (exact) mass is 113 g/mol. The average Bonchev–Trinajstić information content (AvgIpc) is 2.42. The topological polar surface area (TPSA) is 61.3 Å². The van der Waals surface area contributed by atoms with Crippen molar-refractivity contribution in [2.45, 2.75) is 19.1 Å². The third-order valence-corrected chi connectivity index (χ3v) is 1.16. The zero-order chi connectivity index (χ0) is 5.98. The Morgan fingerprint density at radius 2 is 2.50 bits per heavy atom. The highest BCUT2D eigenvalue weighted by Crippen LogP contribution is 2.20. The molecule has 0 bridgehead atoms. The summed E-state index contributed by atoms with van der Waals surface area (Å²) in [5.74, 6) is 0. The lowest BCUT2D eigenvalue weighted by Crippen LogP contribution is -1.91. The Balaban J connectivity index is 2.13. The third-order valence-electron chi connectivity index (χ3n) is 1.16. The van der Waals surface area contributed by atoms with Crippen molar-refractivity contribution in [3.8, 4) is 0 Å². The normalized spacial score (nSPS) is 33.6. The Kier molecular flexibility index (Phi) is 1.37. The van der Waals surface area contributed by atoms with Gasteiger partial charge in [0.25, 0.3) is 0 Å². The molecule has 1 aliphatic rings. The Morgan fingerprint density at radius 3 is 2.88 bits per heavy atom. The van der Waals surface area contributed by atoms with Crippen LogP contribution < -0.4 is 0 Å². The molecule has 0 amide bonds. The van der Waals surface area contributed by atoms with Crippen LogP contribution in [0.25, 0.3) is 10.4 Å². The van der Waals surface area contributed by atoms with E-state index in [0.29, 0.717) is 12.6 Å². The second-order valence-corrected chi connectivity index (χ2v) is 1.79. The van der Waals surface area contributed by atoms with E-state index in [1.165, 1.54) is 0 Å². The Hall–Kier alpha value is -0.730. The molecule has 0 N–H and O–H groups in total. The number of hydrogen-bond acceptors (Lipinski definition) is 2. The summed E-state index contributed by atoms with van der Waals surface area (Å²) in [6, 6.07) is 0. The van der Waals surface area contributed by atoms with Crippen molar-refractivity contribution in [2.24, 2.45) is 5.11 Å². The highest BCUT2D eigenvalue weighted by molar-refractivity contribution is 4.82. The Labute approximate surface area is 47.1 Å². The minimum Gasteiger partial charge on any atom is -0.370 e. The molecule has 1 saturated heterocycles. The van der Waals surface area contributed by atoms with E-state index in [2.05, 4.69) is 10.0 Å². The van der Waals surface area contributed by atoms with Gasteiger partial charge in [-0.25, -0.2) is 0 Å². The van der Waals surface area contributed by atoms with Crippen LogP contribution in [-0.4, -0.2) is 18.8 Å². The van der Waals surface area contributed by atoms with Crippen LogP contribution in [0.5, 0.6) is 0 Å². The van der Waals surface area contributed by atoms with E-state index < -0.39 is 0 Å². The number of azide groups is 1. The summed E-state index contributed by atoms with van der Waals surface area (Å²) in [4.78, 5) is 2.60. The van der Waals surface area contributed by atoms with Crippen LogP contribution in [0, 0.1) is 0 Å². The fraction of sp³-hybridized carbons (Fsp3) is 1.00. The maximum Gasteiger partial charge on any atom is 0.0895 e. The van der Waals surface area contributed by atoms with Crippen molar-refractivity contribution in [1.29, 1.82) is 0 Å². The molecule has 44 valence electrons. The maximum absolute atomic E-state index is 7.83. The van der Waals surface area contributed by atoms with Crippen LogP contribution >= 0.6 is 0 Å². The van der Waals surface area contributed by atoms with E-state index in [-0.39, 0.29) is 6.10 Å². The summed E-state index contributed by atoms with van der Waals surface area (Å²) in [6.45, 7) is 2.44. The van der Waals surface area contributed by atoms with Gasteiger partial charge in [0.15, 0.2) is 0 Å². The highest BCUT2D eigenvalue weighted by atomic mass is 16.6. The maximum atomic E-state index is 7.83. The van der Waals surface area contributed by atoms with Crippen molar-refractivity contribution in [3.63, 3.8) is 0 Å². The first-order valence-corrected chi connectivity index (χ1v) is 2.51. The highest BCUT2D eigenvalue weighted by Gasteiger charge is 2.32. The molecule has 1 aliphatic heterocycles. The van der Waals surface area contributed by atoms with Crippen LogP contribution in [0.4, 0.5) is 0 Å². The first-order chi connectivity index (χ1) is 3.84. The van der Waals surface area contributed by atoms with E-state index in [1.807, 2.05) is 6.92 Å². The average molecular weight is 113 g/mol. The number of nitrogens with zero attached hydrogens (tertiary/aromatic N) is 3. The van der Waals surface area contributed by atoms with Crippen LogP contribution in [-0.2, 0) is 4.74 Å². The van der Waals surface area contributed by atoms with Crippen molar-refractivity contribution in [2.75, 3.05) is 6.54 Å². The molecule has 8 heavy (non-hydrogen) atoms. The van der Waals surface area contributed by atoms with Gasteiger partial charge in [0, 0.05) is 4.91 Å². The molecule has 0 aromatic rings. The lowest BCUT2D eigenvalue weighted by atomic mass is 10.3. The van der Waals surface area contributed by atoms with E-state index in [9.17, 15) is 0 Å². The van der Waals surface area contributed by atoms with Crippen molar-refractivity contribution >= 4 is 0 Å². The standard InChI is InChI=1S/C4H7N3O/c1-3-4(8-3)2-6-7-5/h3-4H,2H2,1H3/t3-,4-/m0/s1. The van der Waals surface area contributed by atoms with E-state index in [0.717, 1.165) is 0 Å². The molecule has 4 heteroatoms. The van der Waals surface area contributed by atoms with Gasteiger partial charge in [-0.1, -0.05) is 5.11 Å². The molecule has 0 aromatic carbocycles. The molecule has 1 heterocycles. The predicted molar refractivity (Wildman–Crippen MR) is 28.3 cm³/mol. The van der Waals surface area contributed by atoms with Gasteiger partial charge in [0.1, 0.15) is 0 Å². The van der Waals surface area contributed by atoms with E-state index >= 15 is 0 Å². The lowest BCUT2D eigenvalue weighted by molar-refractivity contribution is 0.381. The van der Waals surface area contributed by atoms with Crippen molar-refractivity contribution < 1.29 is 4.74 Å². The summed E-state index contributed by atoms with van der Waals surface area (Å²) < 4.78 is 4.95. The zero-order valence-electron chi connectivity index (χ0n) is 4.61. The largest absolute Gasteiger partial charge is 0.370 e. The van der Waals surface area contributed by atoms with Crippen LogP contribution in [0.15, 0.2) is 5.11 Å². The summed E-state index contributed by atoms with van der Waals surface area (Å²) in [5, 5.41) is 3.34. The molecular weight excluding hydrogens is 106 g/mol. The SMILES string of the molecule is C[C@@H]1O[C@H]1CN=[N+]=[N-]. The summed E-state index contributed by atoms with van der Waals surface area (Å²) in [7, 11) is 0. The van der Waals surface area contributed by atoms with Crippen molar-refractivity contribution in [1.82, 2.24) is 0 Å². The van der Waals surface area contributed by atoms with Crippen LogP contribution in [0.1, 0.15) is 6.92 Å². The van der Waals surface area contributed by atoms with Gasteiger partial charge < -0.3 is 4.74 Å². The molecule has 0 aliphatic carbocycles. The van der Waals surface area contributed by atoms with Gasteiger partial charge in [-0.3, -0.25) is 0 Å². The van der Waals surface area contributed by atoms with E-state index in [1.54, 1.807) is 0 Å². The van der Waals surface area contributed by atoms with Crippen LogP contribution in [0.2, 0.25) is 0 Å². The number of ether oxygens (including phenoxy) is 1. The summed E-state index contributed by atoms with van der Waals surface area (Å²) in [5.41, 5.74) is 7.83. The van der Waals surface area contributed by atoms with Crippen LogP contribution in [0.3, 0.4) is 0 Å². The van der Waals surface area contributed by atoms with Gasteiger partial charge >= 0.3 is 0 Å². The third kappa shape index (κ3) is 1.12. The number of rotatable bonds is 2. The molecule has 4 nitrogen and oxygen atoms in total. The molecule has 1 rings (SSSR count). The Bertz CT molecular complexity index is 129. The molecule has 2 atom stereocenters. The van der Waals surface area contributed by atoms with Crippen molar-refractivity contribution in [3.05, 3.63) is 10.4 Å². The smallest absolute Gasteiger partial charge is 0.0895 e. The lowest BCUT2D eigenvalue weighted by Gasteiger charge is -1.74. The minimum atomic E-state index is 0.200. The minimum absolute atomic E-state index is 0.200. The summed E-state index contributed by atoms with van der Waals surface area (Å²) in [6.07, 6.45) is 0.506.